The van der Waals surface area contributed by atoms with Crippen LogP contribution < -0.4 is 10.6 Å². The number of fused-ring (bicyclic) bond motifs is 1. The lowest BCUT2D eigenvalue weighted by atomic mass is 10.3. The SMILES string of the molecule is CNc1nc(CSc2nc3ccccc3o2)nc(Nc2ccc(F)cc2)n1. The molecular formula is C18H15FN6OS. The molecule has 0 spiro atoms. The molecule has 2 aromatic heterocycles. The number of anilines is 3. The average molecular weight is 382 g/mol. The lowest BCUT2D eigenvalue weighted by Crippen LogP contribution is -2.06. The summed E-state index contributed by atoms with van der Waals surface area (Å²) in [5.74, 6) is 1.52. The van der Waals surface area contributed by atoms with E-state index in [1.807, 2.05) is 24.3 Å². The molecule has 2 aromatic carbocycles. The van der Waals surface area contributed by atoms with E-state index in [0.717, 1.165) is 11.1 Å². The number of para-hydroxylation sites is 2. The quantitative estimate of drug-likeness (QED) is 0.479. The molecule has 0 aliphatic carbocycles. The Labute approximate surface area is 158 Å². The minimum absolute atomic E-state index is 0.303. The van der Waals surface area contributed by atoms with Crippen LogP contribution in [0.4, 0.5) is 22.0 Å². The monoisotopic (exact) mass is 382 g/mol. The first kappa shape index (κ1) is 17.2. The summed E-state index contributed by atoms with van der Waals surface area (Å²) in [7, 11) is 1.73. The second-order valence-electron chi connectivity index (χ2n) is 5.52. The third-order valence-electron chi connectivity index (χ3n) is 3.60. The van der Waals surface area contributed by atoms with Crippen molar-refractivity contribution in [1.82, 2.24) is 19.9 Å². The highest BCUT2D eigenvalue weighted by molar-refractivity contribution is 7.98. The molecule has 0 radical (unpaired) electrons. The van der Waals surface area contributed by atoms with Gasteiger partial charge in [-0.3, -0.25) is 0 Å². The van der Waals surface area contributed by atoms with Crippen LogP contribution in [-0.4, -0.2) is 27.0 Å². The third-order valence-corrected chi connectivity index (χ3v) is 4.43. The van der Waals surface area contributed by atoms with Gasteiger partial charge < -0.3 is 15.1 Å². The first-order chi connectivity index (χ1) is 13.2. The zero-order valence-electron chi connectivity index (χ0n) is 14.3. The molecule has 4 rings (SSSR count). The summed E-state index contributed by atoms with van der Waals surface area (Å²) in [4.78, 5) is 17.5. The Morgan fingerprint density at radius 2 is 1.74 bits per heavy atom. The average Bonchev–Trinajstić information content (AvgIpc) is 3.11. The Kier molecular flexibility index (Phi) is 4.84. The van der Waals surface area contributed by atoms with Gasteiger partial charge in [0.05, 0.1) is 5.75 Å². The van der Waals surface area contributed by atoms with Crippen molar-refractivity contribution in [2.45, 2.75) is 11.0 Å². The van der Waals surface area contributed by atoms with Crippen molar-refractivity contribution in [2.75, 3.05) is 17.7 Å². The maximum Gasteiger partial charge on any atom is 0.257 e. The van der Waals surface area contributed by atoms with Gasteiger partial charge in [0.2, 0.25) is 11.9 Å². The molecule has 0 bridgehead atoms. The van der Waals surface area contributed by atoms with E-state index in [4.69, 9.17) is 4.42 Å². The van der Waals surface area contributed by atoms with Gasteiger partial charge >= 0.3 is 0 Å². The van der Waals surface area contributed by atoms with Crippen molar-refractivity contribution < 1.29 is 8.81 Å². The van der Waals surface area contributed by atoms with Crippen molar-refractivity contribution in [2.24, 2.45) is 0 Å². The molecule has 27 heavy (non-hydrogen) atoms. The summed E-state index contributed by atoms with van der Waals surface area (Å²) in [6.45, 7) is 0. The van der Waals surface area contributed by atoms with Crippen LogP contribution >= 0.6 is 11.8 Å². The Bertz CT molecular complexity index is 1040. The number of nitrogens with one attached hydrogen (secondary N) is 2. The second kappa shape index (κ2) is 7.58. The highest BCUT2D eigenvalue weighted by atomic mass is 32.2. The van der Waals surface area contributed by atoms with Crippen LogP contribution in [0.2, 0.25) is 0 Å². The fourth-order valence-electron chi connectivity index (χ4n) is 2.35. The summed E-state index contributed by atoms with van der Waals surface area (Å²) in [5.41, 5.74) is 2.23. The molecule has 2 heterocycles. The van der Waals surface area contributed by atoms with Crippen LogP contribution in [-0.2, 0) is 5.75 Å². The van der Waals surface area contributed by atoms with Crippen molar-refractivity contribution >= 4 is 40.4 Å². The molecule has 0 aliphatic heterocycles. The first-order valence-electron chi connectivity index (χ1n) is 8.13. The van der Waals surface area contributed by atoms with E-state index in [-0.39, 0.29) is 5.82 Å². The Hall–Kier alpha value is -3.20. The molecule has 0 unspecified atom stereocenters. The molecule has 0 saturated heterocycles. The molecule has 136 valence electrons. The molecule has 0 amide bonds. The van der Waals surface area contributed by atoms with Crippen LogP contribution in [0.15, 0.2) is 58.2 Å². The summed E-state index contributed by atoms with van der Waals surface area (Å²) < 4.78 is 18.7. The molecule has 0 atom stereocenters. The topological polar surface area (TPSA) is 88.8 Å². The zero-order valence-corrected chi connectivity index (χ0v) is 15.1. The van der Waals surface area contributed by atoms with Crippen LogP contribution in [0.1, 0.15) is 5.82 Å². The molecule has 0 aliphatic rings. The lowest BCUT2D eigenvalue weighted by Gasteiger charge is -2.08. The molecule has 9 heteroatoms. The number of hydrogen-bond donors (Lipinski definition) is 2. The molecule has 0 saturated carbocycles. The van der Waals surface area contributed by atoms with Gasteiger partial charge in [-0.15, -0.1) is 0 Å². The van der Waals surface area contributed by atoms with Gasteiger partial charge in [0, 0.05) is 12.7 Å². The van der Waals surface area contributed by atoms with Gasteiger partial charge in [-0.25, -0.2) is 9.37 Å². The Morgan fingerprint density at radius 1 is 0.963 bits per heavy atom. The molecule has 7 nitrogen and oxygen atoms in total. The Morgan fingerprint density at radius 3 is 2.52 bits per heavy atom. The van der Waals surface area contributed by atoms with E-state index >= 15 is 0 Å². The van der Waals surface area contributed by atoms with Gasteiger partial charge in [-0.2, -0.15) is 15.0 Å². The predicted molar refractivity (Wildman–Crippen MR) is 103 cm³/mol. The van der Waals surface area contributed by atoms with Gasteiger partial charge in [0.15, 0.2) is 5.58 Å². The van der Waals surface area contributed by atoms with Gasteiger partial charge in [-0.1, -0.05) is 23.9 Å². The maximum atomic E-state index is 13.1. The van der Waals surface area contributed by atoms with Crippen LogP contribution in [0.25, 0.3) is 11.1 Å². The van der Waals surface area contributed by atoms with Gasteiger partial charge in [0.25, 0.3) is 5.22 Å². The van der Waals surface area contributed by atoms with Gasteiger partial charge in [-0.05, 0) is 36.4 Å². The normalized spacial score (nSPS) is 10.9. The van der Waals surface area contributed by atoms with Gasteiger partial charge in [0.1, 0.15) is 17.2 Å². The summed E-state index contributed by atoms with van der Waals surface area (Å²) >= 11 is 1.40. The number of aromatic nitrogens is 4. The minimum Gasteiger partial charge on any atom is -0.431 e. The van der Waals surface area contributed by atoms with Crippen molar-refractivity contribution in [3.63, 3.8) is 0 Å². The van der Waals surface area contributed by atoms with Crippen LogP contribution in [0, 0.1) is 5.82 Å². The van der Waals surface area contributed by atoms with E-state index in [9.17, 15) is 4.39 Å². The van der Waals surface area contributed by atoms with Crippen molar-refractivity contribution in [1.29, 1.82) is 0 Å². The van der Waals surface area contributed by atoms with E-state index in [1.54, 1.807) is 19.2 Å². The second-order valence-corrected chi connectivity index (χ2v) is 6.44. The van der Waals surface area contributed by atoms with Crippen LogP contribution in [0.5, 0.6) is 0 Å². The summed E-state index contributed by atoms with van der Waals surface area (Å²) in [5, 5.41) is 6.51. The fraction of sp³-hybridized carbons (Fsp3) is 0.111. The number of thioether (sulfide) groups is 1. The van der Waals surface area contributed by atoms with Crippen molar-refractivity contribution in [3.05, 3.63) is 60.2 Å². The number of benzene rings is 2. The molecule has 4 aromatic rings. The Balaban J connectivity index is 1.52. The maximum absolute atomic E-state index is 13.1. The van der Waals surface area contributed by atoms with E-state index in [0.29, 0.717) is 34.4 Å². The highest BCUT2D eigenvalue weighted by Crippen LogP contribution is 2.26. The standard InChI is InChI=1S/C18H15FN6OS/c1-20-16-23-15(10-27-18-22-13-4-2-3-5-14(13)26-18)24-17(25-16)21-12-8-6-11(19)7-9-12/h2-9H,10H2,1H3,(H2,20,21,23,24,25). The minimum atomic E-state index is -0.303. The number of oxazole rings is 1. The number of nitrogens with zero attached hydrogens (tertiary/aromatic N) is 4. The first-order valence-corrected chi connectivity index (χ1v) is 9.12. The predicted octanol–water partition coefficient (Wildman–Crippen LogP) is 4.23. The van der Waals surface area contributed by atoms with Crippen LogP contribution in [0.3, 0.4) is 0 Å². The van der Waals surface area contributed by atoms with E-state index in [1.165, 1.54) is 23.9 Å². The number of rotatable bonds is 6. The number of hydrogen-bond acceptors (Lipinski definition) is 8. The smallest absolute Gasteiger partial charge is 0.257 e. The van der Waals surface area contributed by atoms with E-state index in [2.05, 4.69) is 30.6 Å². The largest absolute Gasteiger partial charge is 0.431 e. The van der Waals surface area contributed by atoms with E-state index < -0.39 is 0 Å². The molecular weight excluding hydrogens is 367 g/mol. The summed E-state index contributed by atoms with van der Waals surface area (Å²) in [6, 6.07) is 13.6. The van der Waals surface area contributed by atoms with Crippen molar-refractivity contribution in [3.8, 4) is 0 Å². The zero-order chi connectivity index (χ0) is 18.6. The number of halogens is 1. The highest BCUT2D eigenvalue weighted by Gasteiger charge is 2.10. The molecule has 0 fully saturated rings. The fourth-order valence-corrected chi connectivity index (χ4v) is 3.05. The summed E-state index contributed by atoms with van der Waals surface area (Å²) in [6.07, 6.45) is 0. The molecule has 2 N–H and O–H groups in total. The lowest BCUT2D eigenvalue weighted by molar-refractivity contribution is 0.489. The third kappa shape index (κ3) is 4.14.